The molecule has 0 bridgehead atoms. The summed E-state index contributed by atoms with van der Waals surface area (Å²) in [6, 6.07) is 15.1. The molecule has 2 nitrogen and oxygen atoms in total. The highest BCUT2D eigenvalue weighted by Crippen LogP contribution is 2.58. The predicted molar refractivity (Wildman–Crippen MR) is 94.2 cm³/mol. The van der Waals surface area contributed by atoms with Crippen LogP contribution < -0.4 is 0 Å². The molecule has 2 heterocycles. The summed E-state index contributed by atoms with van der Waals surface area (Å²) in [5, 5.41) is 2.59. The number of carbonyl (C=O) groups excluding carboxylic acids is 1. The summed E-state index contributed by atoms with van der Waals surface area (Å²) in [5.41, 5.74) is 1.36. The molecule has 2 saturated heterocycles. The number of hydrogen-bond donors (Lipinski definition) is 0. The number of benzene rings is 2. The Morgan fingerprint density at radius 1 is 1.05 bits per heavy atom. The van der Waals surface area contributed by atoms with Crippen LogP contribution in [0.2, 0.25) is 0 Å². The molecule has 2 fully saturated rings. The van der Waals surface area contributed by atoms with Crippen LogP contribution in [0.1, 0.15) is 18.4 Å². The molecular formula is C18H18O2S2. The highest BCUT2D eigenvalue weighted by atomic mass is 32.2. The molecule has 114 valence electrons. The Balaban J connectivity index is 1.88. The Morgan fingerprint density at radius 3 is 2.59 bits per heavy atom. The van der Waals surface area contributed by atoms with Crippen LogP contribution in [0.5, 0.6) is 0 Å². The van der Waals surface area contributed by atoms with Gasteiger partial charge in [0.25, 0.3) is 0 Å². The quantitative estimate of drug-likeness (QED) is 0.761. The third-order valence-corrected chi connectivity index (χ3v) is 8.14. The lowest BCUT2D eigenvalue weighted by Gasteiger charge is -2.41. The van der Waals surface area contributed by atoms with Gasteiger partial charge in [0.15, 0.2) is 0 Å². The lowest BCUT2D eigenvalue weighted by molar-refractivity contribution is -0.137. The molecule has 0 saturated carbocycles. The second-order valence-electron chi connectivity index (χ2n) is 5.83. The van der Waals surface area contributed by atoms with Gasteiger partial charge in [0, 0.05) is 5.92 Å². The van der Waals surface area contributed by atoms with Gasteiger partial charge >= 0.3 is 5.97 Å². The van der Waals surface area contributed by atoms with E-state index in [9.17, 15) is 4.79 Å². The maximum atomic E-state index is 11.7. The third-order valence-electron chi connectivity index (χ3n) is 4.48. The zero-order chi connectivity index (χ0) is 15.0. The second-order valence-corrected chi connectivity index (χ2v) is 8.77. The van der Waals surface area contributed by atoms with Gasteiger partial charge < -0.3 is 4.74 Å². The molecule has 2 aromatic rings. The van der Waals surface area contributed by atoms with Gasteiger partial charge in [-0.3, -0.25) is 4.79 Å². The minimum absolute atomic E-state index is 0.0450. The molecule has 0 aromatic heterocycles. The number of carbonyl (C=O) groups is 1. The van der Waals surface area contributed by atoms with Crippen molar-refractivity contribution < 1.29 is 9.53 Å². The molecule has 4 heteroatoms. The van der Waals surface area contributed by atoms with Gasteiger partial charge in [-0.25, -0.2) is 0 Å². The summed E-state index contributed by atoms with van der Waals surface area (Å²) < 4.78 is 5.26. The van der Waals surface area contributed by atoms with E-state index in [0.717, 1.165) is 11.5 Å². The molecule has 2 aliphatic heterocycles. The molecule has 22 heavy (non-hydrogen) atoms. The first-order valence-electron chi connectivity index (χ1n) is 7.71. The average molecular weight is 330 g/mol. The van der Waals surface area contributed by atoms with Crippen LogP contribution in [0.15, 0.2) is 42.5 Å². The standard InChI is InChI=1S/C18H18O2S2/c19-17-11-14(12-20-17)18(21-9-4-10-22-18)16-8-3-6-13-5-1-2-7-15(13)16/h1-3,5-8,14H,4,9-12H2. The van der Waals surface area contributed by atoms with Crippen LogP contribution in [-0.2, 0) is 13.6 Å². The van der Waals surface area contributed by atoms with Crippen molar-refractivity contribution in [3.8, 4) is 0 Å². The van der Waals surface area contributed by atoms with E-state index in [2.05, 4.69) is 42.5 Å². The number of esters is 1. The smallest absolute Gasteiger partial charge is 0.306 e. The molecular weight excluding hydrogens is 312 g/mol. The molecule has 0 amide bonds. The van der Waals surface area contributed by atoms with Crippen LogP contribution in [0.25, 0.3) is 10.8 Å². The van der Waals surface area contributed by atoms with Crippen LogP contribution in [-0.4, -0.2) is 24.1 Å². The minimum Gasteiger partial charge on any atom is -0.465 e. The topological polar surface area (TPSA) is 26.3 Å². The van der Waals surface area contributed by atoms with Crippen LogP contribution in [0.3, 0.4) is 0 Å². The predicted octanol–water partition coefficient (Wildman–Crippen LogP) is 4.43. The number of rotatable bonds is 2. The maximum Gasteiger partial charge on any atom is 0.306 e. The van der Waals surface area contributed by atoms with Crippen molar-refractivity contribution in [3.05, 3.63) is 48.0 Å². The number of ether oxygens (including phenoxy) is 1. The summed E-state index contributed by atoms with van der Waals surface area (Å²) in [4.78, 5) is 11.7. The van der Waals surface area contributed by atoms with E-state index in [1.165, 1.54) is 22.8 Å². The highest BCUT2D eigenvalue weighted by Gasteiger charge is 2.47. The zero-order valence-corrected chi connectivity index (χ0v) is 13.9. The van der Waals surface area contributed by atoms with Crippen molar-refractivity contribution in [3.63, 3.8) is 0 Å². The van der Waals surface area contributed by atoms with E-state index in [0.29, 0.717) is 13.0 Å². The van der Waals surface area contributed by atoms with Crippen molar-refractivity contribution in [1.29, 1.82) is 0 Å². The first-order valence-corrected chi connectivity index (χ1v) is 9.68. The third kappa shape index (κ3) is 2.33. The van der Waals surface area contributed by atoms with Crippen molar-refractivity contribution in [1.82, 2.24) is 0 Å². The Morgan fingerprint density at radius 2 is 1.82 bits per heavy atom. The Bertz CT molecular complexity index is 702. The van der Waals surface area contributed by atoms with E-state index in [-0.39, 0.29) is 16.0 Å². The summed E-state index contributed by atoms with van der Waals surface area (Å²) in [6.45, 7) is 0.558. The van der Waals surface area contributed by atoms with E-state index >= 15 is 0 Å². The summed E-state index contributed by atoms with van der Waals surface area (Å²) in [5.74, 6) is 2.53. The first kappa shape index (κ1) is 14.5. The fraction of sp³-hybridized carbons (Fsp3) is 0.389. The molecule has 4 rings (SSSR count). The summed E-state index contributed by atoms with van der Waals surface area (Å²) in [6.07, 6.45) is 1.78. The number of hydrogen-bond acceptors (Lipinski definition) is 4. The molecule has 0 spiro atoms. The van der Waals surface area contributed by atoms with Crippen molar-refractivity contribution in [2.24, 2.45) is 5.92 Å². The molecule has 1 atom stereocenters. The Labute approximate surface area is 139 Å². The molecule has 1 unspecified atom stereocenters. The largest absolute Gasteiger partial charge is 0.465 e. The van der Waals surface area contributed by atoms with Gasteiger partial charge in [0.2, 0.25) is 0 Å². The van der Waals surface area contributed by atoms with Gasteiger partial charge in [-0.1, -0.05) is 42.5 Å². The van der Waals surface area contributed by atoms with E-state index in [1.54, 1.807) is 0 Å². The van der Waals surface area contributed by atoms with E-state index in [1.807, 2.05) is 23.5 Å². The molecule has 2 aliphatic rings. The molecule has 0 aliphatic carbocycles. The van der Waals surface area contributed by atoms with E-state index < -0.39 is 0 Å². The lowest BCUT2D eigenvalue weighted by atomic mass is 9.93. The van der Waals surface area contributed by atoms with Gasteiger partial charge in [-0.15, -0.1) is 23.5 Å². The Kier molecular flexibility index (Phi) is 3.82. The molecule has 0 N–H and O–H groups in total. The number of thioether (sulfide) groups is 2. The fourth-order valence-electron chi connectivity index (χ4n) is 3.45. The fourth-order valence-corrected chi connectivity index (χ4v) is 7.09. The van der Waals surface area contributed by atoms with Crippen molar-refractivity contribution in [2.45, 2.75) is 16.9 Å². The zero-order valence-electron chi connectivity index (χ0n) is 12.3. The van der Waals surface area contributed by atoms with Crippen LogP contribution in [0.4, 0.5) is 0 Å². The summed E-state index contributed by atoms with van der Waals surface area (Å²) >= 11 is 4.02. The Hall–Kier alpha value is -1.13. The number of fused-ring (bicyclic) bond motifs is 1. The van der Waals surface area contributed by atoms with Gasteiger partial charge in [-0.2, -0.15) is 0 Å². The van der Waals surface area contributed by atoms with Gasteiger partial charge in [-0.05, 0) is 34.3 Å². The van der Waals surface area contributed by atoms with E-state index in [4.69, 9.17) is 4.74 Å². The highest BCUT2D eigenvalue weighted by molar-refractivity contribution is 8.18. The summed E-state index contributed by atoms with van der Waals surface area (Å²) in [7, 11) is 0. The van der Waals surface area contributed by atoms with Crippen molar-refractivity contribution in [2.75, 3.05) is 18.1 Å². The second kappa shape index (κ2) is 5.82. The average Bonchev–Trinajstić information content (AvgIpc) is 3.02. The minimum atomic E-state index is -0.0503. The van der Waals surface area contributed by atoms with Gasteiger partial charge in [0.05, 0.1) is 17.1 Å². The van der Waals surface area contributed by atoms with Crippen molar-refractivity contribution >= 4 is 40.3 Å². The monoisotopic (exact) mass is 330 g/mol. The van der Waals surface area contributed by atoms with Crippen LogP contribution >= 0.6 is 23.5 Å². The van der Waals surface area contributed by atoms with Crippen LogP contribution in [0, 0.1) is 5.92 Å². The first-order chi connectivity index (χ1) is 10.8. The molecule has 2 aromatic carbocycles. The lowest BCUT2D eigenvalue weighted by Crippen LogP contribution is -2.32. The molecule has 0 radical (unpaired) electrons. The SMILES string of the molecule is O=C1CC(C2(c3cccc4ccccc34)SCCCS2)CO1. The normalized spacial score (nSPS) is 24.4. The number of cyclic esters (lactones) is 1. The van der Waals surface area contributed by atoms with Gasteiger partial charge in [0.1, 0.15) is 0 Å². The maximum absolute atomic E-state index is 11.7.